The van der Waals surface area contributed by atoms with E-state index >= 15 is 0 Å². The van der Waals surface area contributed by atoms with Gasteiger partial charge in [0.25, 0.3) is 0 Å². The van der Waals surface area contributed by atoms with Gasteiger partial charge in [0.2, 0.25) is 5.91 Å². The lowest BCUT2D eigenvalue weighted by atomic mass is 10.1. The monoisotopic (exact) mass is 334 g/mol. The molecule has 5 nitrogen and oxygen atoms in total. The number of aryl methyl sites for hydroxylation is 1. The van der Waals surface area contributed by atoms with Crippen LogP contribution >= 0.6 is 11.3 Å². The molecule has 1 aromatic carbocycles. The third kappa shape index (κ3) is 2.61. The van der Waals surface area contributed by atoms with E-state index in [0.29, 0.717) is 11.5 Å². The van der Waals surface area contributed by atoms with Gasteiger partial charge in [-0.15, -0.1) is 11.3 Å². The minimum atomic E-state index is -0.152. The van der Waals surface area contributed by atoms with Gasteiger partial charge >= 0.3 is 0 Å². The highest BCUT2D eigenvalue weighted by Crippen LogP contribution is 2.31. The number of fused-ring (bicyclic) bond motifs is 2. The number of nitrogens with one attached hydrogen (secondary N) is 1. The highest BCUT2D eigenvalue weighted by atomic mass is 32.1. The van der Waals surface area contributed by atoms with Crippen molar-refractivity contribution in [3.63, 3.8) is 0 Å². The van der Waals surface area contributed by atoms with E-state index < -0.39 is 0 Å². The molecule has 0 bridgehead atoms. The largest absolute Gasteiger partial charge is 0.311 e. The van der Waals surface area contributed by atoms with Gasteiger partial charge in [0.05, 0.1) is 10.2 Å². The van der Waals surface area contributed by atoms with Crippen molar-refractivity contribution in [1.29, 1.82) is 0 Å². The number of hydrogen-bond acceptors (Lipinski definition) is 5. The Morgan fingerprint density at radius 3 is 2.71 bits per heavy atom. The van der Waals surface area contributed by atoms with Crippen LogP contribution in [0.5, 0.6) is 0 Å². The van der Waals surface area contributed by atoms with E-state index in [0.717, 1.165) is 31.9 Å². The van der Waals surface area contributed by atoms with Gasteiger partial charge in [0.15, 0.2) is 5.65 Å². The molecule has 0 saturated heterocycles. The van der Waals surface area contributed by atoms with Crippen LogP contribution in [0.25, 0.3) is 32.0 Å². The number of amides is 1. The first-order valence-corrected chi connectivity index (χ1v) is 8.34. The van der Waals surface area contributed by atoms with E-state index in [4.69, 9.17) is 0 Å². The molecule has 1 amide bonds. The summed E-state index contributed by atoms with van der Waals surface area (Å²) in [7, 11) is 0. The molecule has 6 heteroatoms. The van der Waals surface area contributed by atoms with Crippen LogP contribution in [0.2, 0.25) is 0 Å². The molecule has 3 heterocycles. The number of thiazole rings is 1. The quantitative estimate of drug-likeness (QED) is 0.597. The van der Waals surface area contributed by atoms with Crippen LogP contribution in [-0.4, -0.2) is 20.9 Å². The Morgan fingerprint density at radius 2 is 1.92 bits per heavy atom. The van der Waals surface area contributed by atoms with Gasteiger partial charge in [0, 0.05) is 12.3 Å². The maximum Gasteiger partial charge on any atom is 0.222 e. The molecule has 0 aliphatic heterocycles. The van der Waals surface area contributed by atoms with Gasteiger partial charge in [-0.2, -0.15) is 0 Å². The Morgan fingerprint density at radius 1 is 1.08 bits per heavy atom. The molecule has 0 unspecified atom stereocenters. The molecule has 0 radical (unpaired) electrons. The molecular weight excluding hydrogens is 320 g/mol. The second-order valence-electron chi connectivity index (χ2n) is 5.56. The molecule has 3 aromatic heterocycles. The number of carbonyl (C=O) groups excluding carboxylic acids is 1. The zero-order chi connectivity index (χ0) is 16.7. The smallest absolute Gasteiger partial charge is 0.222 e. The Balaban J connectivity index is 1.87. The third-order valence-electron chi connectivity index (χ3n) is 3.70. The average molecular weight is 334 g/mol. The molecule has 0 fully saturated rings. The highest BCUT2D eigenvalue weighted by molar-refractivity contribution is 7.21. The van der Waals surface area contributed by atoms with Crippen LogP contribution in [0.15, 0.2) is 42.5 Å². The van der Waals surface area contributed by atoms with Crippen molar-refractivity contribution in [3.8, 4) is 10.7 Å². The van der Waals surface area contributed by atoms with E-state index in [1.54, 1.807) is 17.4 Å². The maximum absolute atomic E-state index is 11.2. The Labute approximate surface area is 142 Å². The molecular formula is C18H14N4OS. The van der Waals surface area contributed by atoms with E-state index in [2.05, 4.69) is 26.3 Å². The van der Waals surface area contributed by atoms with Crippen LogP contribution in [0.4, 0.5) is 5.82 Å². The number of nitrogens with zero attached hydrogens (tertiary/aromatic N) is 3. The molecule has 0 aliphatic rings. The molecule has 24 heavy (non-hydrogen) atoms. The molecule has 0 atom stereocenters. The van der Waals surface area contributed by atoms with Crippen molar-refractivity contribution in [3.05, 3.63) is 48.0 Å². The van der Waals surface area contributed by atoms with E-state index in [1.807, 2.05) is 37.3 Å². The van der Waals surface area contributed by atoms with Crippen LogP contribution < -0.4 is 5.32 Å². The Hall–Kier alpha value is -2.86. The maximum atomic E-state index is 11.2. The number of carbonyl (C=O) groups is 1. The second-order valence-corrected chi connectivity index (χ2v) is 6.59. The molecule has 4 rings (SSSR count). The fourth-order valence-corrected chi connectivity index (χ4v) is 3.54. The molecule has 1 N–H and O–H groups in total. The standard InChI is InChI=1S/C18H14N4OS/c1-10-9-14(18-21-13-5-3-4-6-15(13)24-18)20-17-12(10)7-8-16(22-17)19-11(2)23/h3-9H,1-2H3,(H,19,20,22,23). The number of aromatic nitrogens is 3. The zero-order valence-electron chi connectivity index (χ0n) is 13.2. The number of anilines is 1. The summed E-state index contributed by atoms with van der Waals surface area (Å²) in [6.45, 7) is 3.49. The number of hydrogen-bond donors (Lipinski definition) is 1. The summed E-state index contributed by atoms with van der Waals surface area (Å²) in [5, 5.41) is 4.53. The molecule has 0 aliphatic carbocycles. The first-order valence-electron chi connectivity index (χ1n) is 7.52. The predicted molar refractivity (Wildman–Crippen MR) is 97.2 cm³/mol. The van der Waals surface area contributed by atoms with Crippen molar-refractivity contribution in [2.24, 2.45) is 0 Å². The first kappa shape index (κ1) is 14.7. The van der Waals surface area contributed by atoms with Gasteiger partial charge in [-0.3, -0.25) is 4.79 Å². The highest BCUT2D eigenvalue weighted by Gasteiger charge is 2.11. The number of pyridine rings is 2. The summed E-state index contributed by atoms with van der Waals surface area (Å²) >= 11 is 1.61. The van der Waals surface area contributed by atoms with E-state index in [-0.39, 0.29) is 5.91 Å². The summed E-state index contributed by atoms with van der Waals surface area (Å²) in [5.41, 5.74) is 3.46. The SMILES string of the molecule is CC(=O)Nc1ccc2c(C)cc(-c3nc4ccccc4s3)nc2n1. The lowest BCUT2D eigenvalue weighted by Crippen LogP contribution is -2.07. The summed E-state index contributed by atoms with van der Waals surface area (Å²) in [4.78, 5) is 25.0. The van der Waals surface area contributed by atoms with Crippen molar-refractivity contribution in [1.82, 2.24) is 15.0 Å². The topological polar surface area (TPSA) is 67.8 Å². The zero-order valence-corrected chi connectivity index (χ0v) is 14.0. The number of benzene rings is 1. The normalized spacial score (nSPS) is 11.1. The van der Waals surface area contributed by atoms with Crippen molar-refractivity contribution in [2.75, 3.05) is 5.32 Å². The molecule has 0 saturated carbocycles. The second kappa shape index (κ2) is 5.65. The van der Waals surface area contributed by atoms with Crippen LogP contribution in [0.3, 0.4) is 0 Å². The Bertz CT molecular complexity index is 1050. The number of para-hydroxylation sites is 1. The van der Waals surface area contributed by atoms with Gasteiger partial charge in [-0.1, -0.05) is 12.1 Å². The summed E-state index contributed by atoms with van der Waals surface area (Å²) < 4.78 is 1.13. The summed E-state index contributed by atoms with van der Waals surface area (Å²) in [6, 6.07) is 13.8. The van der Waals surface area contributed by atoms with Crippen LogP contribution in [-0.2, 0) is 4.79 Å². The fourth-order valence-electron chi connectivity index (χ4n) is 2.61. The average Bonchev–Trinajstić information content (AvgIpc) is 2.98. The van der Waals surface area contributed by atoms with Gasteiger partial charge in [-0.25, -0.2) is 15.0 Å². The minimum Gasteiger partial charge on any atom is -0.311 e. The third-order valence-corrected chi connectivity index (χ3v) is 4.76. The van der Waals surface area contributed by atoms with E-state index in [9.17, 15) is 4.79 Å². The summed E-state index contributed by atoms with van der Waals surface area (Å²) in [6.07, 6.45) is 0. The fraction of sp³-hybridized carbons (Fsp3) is 0.111. The molecule has 4 aromatic rings. The van der Waals surface area contributed by atoms with Gasteiger partial charge in [0.1, 0.15) is 16.5 Å². The molecule has 0 spiro atoms. The lowest BCUT2D eigenvalue weighted by Gasteiger charge is -2.06. The van der Waals surface area contributed by atoms with Crippen LogP contribution in [0.1, 0.15) is 12.5 Å². The van der Waals surface area contributed by atoms with Crippen LogP contribution in [0, 0.1) is 6.92 Å². The first-order chi connectivity index (χ1) is 11.6. The minimum absolute atomic E-state index is 0.152. The molecule has 118 valence electrons. The van der Waals surface area contributed by atoms with E-state index in [1.165, 1.54) is 6.92 Å². The lowest BCUT2D eigenvalue weighted by molar-refractivity contribution is -0.114. The summed E-state index contributed by atoms with van der Waals surface area (Å²) in [5.74, 6) is 0.351. The predicted octanol–water partition coefficient (Wildman–Crippen LogP) is 4.17. The van der Waals surface area contributed by atoms with Crippen molar-refractivity contribution >= 4 is 44.3 Å². The van der Waals surface area contributed by atoms with Gasteiger partial charge < -0.3 is 5.32 Å². The van der Waals surface area contributed by atoms with Gasteiger partial charge in [-0.05, 0) is 42.8 Å². The van der Waals surface area contributed by atoms with Crippen molar-refractivity contribution in [2.45, 2.75) is 13.8 Å². The Kier molecular flexibility index (Phi) is 3.46. The van der Waals surface area contributed by atoms with Crippen molar-refractivity contribution < 1.29 is 4.79 Å². The number of rotatable bonds is 2.